The van der Waals surface area contributed by atoms with Gasteiger partial charge in [-0.3, -0.25) is 9.80 Å². The average molecular weight is 269 g/mol. The summed E-state index contributed by atoms with van der Waals surface area (Å²) < 4.78 is 25.9. The van der Waals surface area contributed by atoms with E-state index >= 15 is 0 Å². The summed E-state index contributed by atoms with van der Waals surface area (Å²) in [6, 6.07) is 4.13. The Morgan fingerprint density at radius 1 is 1.21 bits per heavy atom. The highest BCUT2D eigenvalue weighted by atomic mass is 19.2. The maximum Gasteiger partial charge on any atom is 0.159 e. The van der Waals surface area contributed by atoms with E-state index < -0.39 is 11.6 Å². The van der Waals surface area contributed by atoms with Crippen LogP contribution in [0.25, 0.3) is 0 Å². The van der Waals surface area contributed by atoms with E-state index in [1.807, 2.05) is 0 Å². The van der Waals surface area contributed by atoms with Crippen LogP contribution in [0, 0.1) is 11.6 Å². The molecule has 1 aliphatic heterocycles. The Morgan fingerprint density at radius 2 is 1.95 bits per heavy atom. The zero-order valence-electron chi connectivity index (χ0n) is 11.3. The van der Waals surface area contributed by atoms with Gasteiger partial charge >= 0.3 is 0 Å². The van der Waals surface area contributed by atoms with E-state index in [0.717, 1.165) is 51.4 Å². The molecule has 1 aromatic rings. The van der Waals surface area contributed by atoms with Gasteiger partial charge in [0.1, 0.15) is 0 Å². The van der Waals surface area contributed by atoms with Crippen molar-refractivity contribution >= 4 is 0 Å². The van der Waals surface area contributed by atoms with Crippen LogP contribution in [0.4, 0.5) is 8.78 Å². The Balaban J connectivity index is 1.75. The van der Waals surface area contributed by atoms with E-state index in [0.29, 0.717) is 0 Å². The fraction of sp³-hybridized carbons (Fsp3) is 0.571. The predicted octanol–water partition coefficient (Wildman–Crippen LogP) is 1.30. The molecule has 1 aliphatic rings. The minimum Gasteiger partial charge on any atom is -0.314 e. The van der Waals surface area contributed by atoms with Crippen LogP contribution in [0.15, 0.2) is 18.2 Å². The molecule has 1 fully saturated rings. The van der Waals surface area contributed by atoms with Gasteiger partial charge in [0.15, 0.2) is 11.6 Å². The second kappa shape index (κ2) is 6.93. The molecule has 0 amide bonds. The molecule has 0 aliphatic carbocycles. The van der Waals surface area contributed by atoms with Crippen LogP contribution in [0.5, 0.6) is 0 Å². The highest BCUT2D eigenvalue weighted by molar-refractivity contribution is 5.18. The molecule has 0 unspecified atom stereocenters. The van der Waals surface area contributed by atoms with Gasteiger partial charge in [0.05, 0.1) is 6.67 Å². The molecule has 1 saturated heterocycles. The van der Waals surface area contributed by atoms with Gasteiger partial charge in [-0.25, -0.2) is 8.78 Å². The van der Waals surface area contributed by atoms with Crippen LogP contribution in [0.1, 0.15) is 5.56 Å². The number of nitrogens with zero attached hydrogens (tertiary/aromatic N) is 2. The maximum absolute atomic E-state index is 13.1. The summed E-state index contributed by atoms with van der Waals surface area (Å²) in [7, 11) is 2.06. The first-order valence-electron chi connectivity index (χ1n) is 6.71. The first-order chi connectivity index (χ1) is 9.15. The molecule has 0 saturated carbocycles. The van der Waals surface area contributed by atoms with Crippen molar-refractivity contribution in [3.05, 3.63) is 35.4 Å². The first-order valence-corrected chi connectivity index (χ1v) is 6.71. The predicted molar refractivity (Wildman–Crippen MR) is 72.0 cm³/mol. The lowest BCUT2D eigenvalue weighted by Crippen LogP contribution is -2.47. The molecular formula is C14H21F2N3. The zero-order chi connectivity index (χ0) is 13.7. The molecule has 19 heavy (non-hydrogen) atoms. The highest BCUT2D eigenvalue weighted by Crippen LogP contribution is 2.09. The number of likely N-dealkylation sites (N-methyl/N-ethyl adjacent to an activating group) is 1. The Morgan fingerprint density at radius 3 is 2.63 bits per heavy atom. The van der Waals surface area contributed by atoms with Crippen LogP contribution in [0.3, 0.4) is 0 Å². The van der Waals surface area contributed by atoms with Crippen LogP contribution in [-0.2, 0) is 6.42 Å². The highest BCUT2D eigenvalue weighted by Gasteiger charge is 2.11. The van der Waals surface area contributed by atoms with Gasteiger partial charge in [-0.1, -0.05) is 6.07 Å². The summed E-state index contributed by atoms with van der Waals surface area (Å²) in [4.78, 5) is 4.61. The van der Waals surface area contributed by atoms with Crippen molar-refractivity contribution in [1.29, 1.82) is 0 Å². The van der Waals surface area contributed by atoms with Gasteiger partial charge in [-0.05, 0) is 31.2 Å². The smallest absolute Gasteiger partial charge is 0.159 e. The molecular weight excluding hydrogens is 248 g/mol. The molecule has 1 N–H and O–H groups in total. The zero-order valence-corrected chi connectivity index (χ0v) is 11.3. The van der Waals surface area contributed by atoms with Crippen molar-refractivity contribution < 1.29 is 8.78 Å². The quantitative estimate of drug-likeness (QED) is 0.869. The van der Waals surface area contributed by atoms with Crippen LogP contribution >= 0.6 is 0 Å². The largest absolute Gasteiger partial charge is 0.314 e. The standard InChI is InChI=1S/C14H21F2N3/c1-18(11-19-8-5-17-6-9-19)7-4-12-2-3-13(15)14(16)10-12/h2-3,10,17H,4-9,11H2,1H3. The number of benzene rings is 1. The summed E-state index contributed by atoms with van der Waals surface area (Å²) in [5, 5.41) is 3.32. The Kier molecular flexibility index (Phi) is 5.24. The third kappa shape index (κ3) is 4.53. The lowest BCUT2D eigenvalue weighted by Gasteiger charge is -2.31. The third-order valence-corrected chi connectivity index (χ3v) is 3.42. The Hall–Kier alpha value is -1.04. The lowest BCUT2D eigenvalue weighted by atomic mass is 10.1. The Labute approximate surface area is 113 Å². The molecule has 5 heteroatoms. The molecule has 0 bridgehead atoms. The van der Waals surface area contributed by atoms with Crippen LogP contribution in [-0.4, -0.2) is 56.2 Å². The van der Waals surface area contributed by atoms with E-state index in [-0.39, 0.29) is 0 Å². The minimum absolute atomic E-state index is 0.736. The van der Waals surface area contributed by atoms with Crippen LogP contribution in [0.2, 0.25) is 0 Å². The number of rotatable bonds is 5. The number of hydrogen-bond donors (Lipinski definition) is 1. The van der Waals surface area contributed by atoms with Crippen LogP contribution < -0.4 is 5.32 Å². The second-order valence-electron chi connectivity index (χ2n) is 5.09. The van der Waals surface area contributed by atoms with Gasteiger partial charge in [0.25, 0.3) is 0 Å². The molecule has 0 atom stereocenters. The van der Waals surface area contributed by atoms with Gasteiger partial charge in [-0.15, -0.1) is 0 Å². The fourth-order valence-corrected chi connectivity index (χ4v) is 2.28. The summed E-state index contributed by atoms with van der Waals surface area (Å²) in [6.45, 7) is 5.97. The summed E-state index contributed by atoms with van der Waals surface area (Å²) in [6.07, 6.45) is 0.736. The van der Waals surface area contributed by atoms with E-state index in [4.69, 9.17) is 0 Å². The minimum atomic E-state index is -0.780. The van der Waals surface area contributed by atoms with Crippen molar-refractivity contribution in [1.82, 2.24) is 15.1 Å². The Bertz CT molecular complexity index is 406. The first kappa shape index (κ1) is 14.4. The van der Waals surface area contributed by atoms with Crippen molar-refractivity contribution in [2.24, 2.45) is 0 Å². The molecule has 0 aromatic heterocycles. The van der Waals surface area contributed by atoms with E-state index in [9.17, 15) is 8.78 Å². The number of nitrogens with one attached hydrogen (secondary N) is 1. The van der Waals surface area contributed by atoms with Crippen molar-refractivity contribution in [3.8, 4) is 0 Å². The van der Waals surface area contributed by atoms with Crippen molar-refractivity contribution in [2.75, 3.05) is 46.4 Å². The van der Waals surface area contributed by atoms with Crippen molar-refractivity contribution in [2.45, 2.75) is 6.42 Å². The summed E-state index contributed by atoms with van der Waals surface area (Å²) >= 11 is 0. The van der Waals surface area contributed by atoms with E-state index in [1.54, 1.807) is 6.07 Å². The van der Waals surface area contributed by atoms with Gasteiger partial charge in [0, 0.05) is 32.7 Å². The third-order valence-electron chi connectivity index (χ3n) is 3.42. The molecule has 0 radical (unpaired) electrons. The maximum atomic E-state index is 13.1. The van der Waals surface area contributed by atoms with Gasteiger partial charge in [0.2, 0.25) is 0 Å². The average Bonchev–Trinajstić information content (AvgIpc) is 2.41. The topological polar surface area (TPSA) is 18.5 Å². The van der Waals surface area contributed by atoms with E-state index in [1.165, 1.54) is 12.1 Å². The molecule has 0 spiro atoms. The second-order valence-corrected chi connectivity index (χ2v) is 5.09. The number of hydrogen-bond acceptors (Lipinski definition) is 3. The van der Waals surface area contributed by atoms with E-state index in [2.05, 4.69) is 22.2 Å². The fourth-order valence-electron chi connectivity index (χ4n) is 2.28. The molecule has 3 nitrogen and oxygen atoms in total. The SMILES string of the molecule is CN(CCc1ccc(F)c(F)c1)CN1CCNCC1. The van der Waals surface area contributed by atoms with Gasteiger partial charge in [-0.2, -0.15) is 0 Å². The molecule has 2 rings (SSSR count). The monoisotopic (exact) mass is 269 g/mol. The van der Waals surface area contributed by atoms with Crippen molar-refractivity contribution in [3.63, 3.8) is 0 Å². The normalized spacial score (nSPS) is 17.1. The molecule has 1 heterocycles. The summed E-state index contributed by atoms with van der Waals surface area (Å²) in [5.74, 6) is -1.54. The summed E-state index contributed by atoms with van der Waals surface area (Å²) in [5.41, 5.74) is 0.839. The lowest BCUT2D eigenvalue weighted by molar-refractivity contribution is 0.140. The molecule has 1 aromatic carbocycles. The number of piperazine rings is 1. The molecule has 106 valence electrons. The number of halogens is 2. The van der Waals surface area contributed by atoms with Gasteiger partial charge < -0.3 is 5.32 Å².